The Balaban J connectivity index is 1.27. The fraction of sp³-hybridized carbons (Fsp3) is 0.104. The highest BCUT2D eigenvalue weighted by atomic mass is 15.0. The zero-order valence-electron chi connectivity index (χ0n) is 29.0. The smallest absolute Gasteiger partial charge is 0.0708 e. The molecule has 0 radical (unpaired) electrons. The van der Waals surface area contributed by atoms with Crippen molar-refractivity contribution in [1.29, 1.82) is 0 Å². The van der Waals surface area contributed by atoms with Crippen molar-refractivity contribution in [2.24, 2.45) is 10.9 Å². The summed E-state index contributed by atoms with van der Waals surface area (Å²) in [5, 5.41) is 5.00. The molecule has 6 aromatic carbocycles. The lowest BCUT2D eigenvalue weighted by Gasteiger charge is -2.15. The number of aromatic nitrogens is 2. The van der Waals surface area contributed by atoms with Crippen LogP contribution < -0.4 is 0 Å². The van der Waals surface area contributed by atoms with Crippen LogP contribution in [0.4, 0.5) is 5.69 Å². The number of allylic oxidation sites excluding steroid dienone is 6. The first-order valence-corrected chi connectivity index (χ1v) is 18.0. The molecule has 0 spiro atoms. The van der Waals surface area contributed by atoms with Crippen LogP contribution >= 0.6 is 0 Å². The minimum atomic E-state index is 0.345. The number of benzene rings is 6. The molecule has 1 aliphatic rings. The molecule has 0 N–H and O–H groups in total. The van der Waals surface area contributed by atoms with Crippen molar-refractivity contribution in [2.45, 2.75) is 26.7 Å². The van der Waals surface area contributed by atoms with Crippen molar-refractivity contribution in [3.8, 4) is 11.4 Å². The van der Waals surface area contributed by atoms with Gasteiger partial charge >= 0.3 is 0 Å². The van der Waals surface area contributed by atoms with Crippen LogP contribution in [0.5, 0.6) is 0 Å². The molecular formula is C48H39N3. The van der Waals surface area contributed by atoms with E-state index in [4.69, 9.17) is 4.99 Å². The number of rotatable bonds is 7. The average Bonchev–Trinajstić information content (AvgIpc) is 3.68. The summed E-state index contributed by atoms with van der Waals surface area (Å²) in [5.74, 6) is 0.345. The third-order valence-electron chi connectivity index (χ3n) is 10.1. The molecule has 3 nitrogen and oxygen atoms in total. The van der Waals surface area contributed by atoms with Gasteiger partial charge in [0.25, 0.3) is 0 Å². The van der Waals surface area contributed by atoms with Crippen LogP contribution in [0.25, 0.3) is 60.6 Å². The van der Waals surface area contributed by atoms with Gasteiger partial charge in [-0.25, -0.2) is 4.99 Å². The maximum atomic E-state index is 5.40. The first kappa shape index (κ1) is 30.8. The van der Waals surface area contributed by atoms with Crippen molar-refractivity contribution < 1.29 is 0 Å². The Bertz CT molecular complexity index is 2700. The summed E-state index contributed by atoms with van der Waals surface area (Å²) in [6, 6.07) is 52.4. The lowest BCUT2D eigenvalue weighted by Crippen LogP contribution is -2.04. The van der Waals surface area contributed by atoms with E-state index < -0.39 is 0 Å². The standard InChI is InChI=1S/C48H39N3/c1-33(2)41(34-17-6-3-7-18-34)31-44(35-19-8-4-9-20-35)49-36-21-16-24-38(29-36)51-46-28-15-13-26-40(46)43-30-42-39-25-12-14-27-45(39)50(47(42)32-48(43)51)37-22-10-5-11-23-37/h3,5-8,10-33H,4,9H2,1-2H3/b41-31+,49-44?. The summed E-state index contributed by atoms with van der Waals surface area (Å²) in [4.78, 5) is 5.40. The summed E-state index contributed by atoms with van der Waals surface area (Å²) >= 11 is 0. The fourth-order valence-corrected chi connectivity index (χ4v) is 7.75. The van der Waals surface area contributed by atoms with Crippen molar-refractivity contribution in [3.05, 3.63) is 181 Å². The second-order valence-corrected chi connectivity index (χ2v) is 13.7. The molecule has 0 saturated heterocycles. The van der Waals surface area contributed by atoms with Crippen LogP contribution in [-0.2, 0) is 0 Å². The van der Waals surface area contributed by atoms with Crippen LogP contribution in [0.3, 0.4) is 0 Å². The van der Waals surface area contributed by atoms with E-state index in [1.165, 1.54) is 60.3 Å². The molecule has 3 heteroatoms. The lowest BCUT2D eigenvalue weighted by molar-refractivity contribution is 0.856. The molecule has 2 aromatic heterocycles. The highest BCUT2D eigenvalue weighted by Gasteiger charge is 2.19. The molecule has 246 valence electrons. The van der Waals surface area contributed by atoms with E-state index >= 15 is 0 Å². The quantitative estimate of drug-likeness (QED) is 0.152. The Hall–Kier alpha value is -6.19. The summed E-state index contributed by atoms with van der Waals surface area (Å²) < 4.78 is 4.81. The van der Waals surface area contributed by atoms with Crippen molar-refractivity contribution >= 4 is 60.6 Å². The van der Waals surface area contributed by atoms with Gasteiger partial charge in [-0.3, -0.25) is 0 Å². The largest absolute Gasteiger partial charge is 0.309 e. The Kier molecular flexibility index (Phi) is 7.82. The van der Waals surface area contributed by atoms with Gasteiger partial charge in [-0.1, -0.05) is 123 Å². The molecule has 0 saturated carbocycles. The third-order valence-corrected chi connectivity index (χ3v) is 10.1. The molecule has 1 aliphatic carbocycles. The van der Waals surface area contributed by atoms with E-state index in [0.29, 0.717) is 5.92 Å². The highest BCUT2D eigenvalue weighted by molar-refractivity contribution is 6.19. The van der Waals surface area contributed by atoms with Gasteiger partial charge in [0, 0.05) is 32.9 Å². The zero-order valence-corrected chi connectivity index (χ0v) is 29.0. The SMILES string of the molecule is CC(C)/C(=C\C(=Nc1cccc(-n2c3ccccc3c3cc4c5ccccc5n(-c5ccccc5)c4cc32)c1)C1=CCCC=C1)c1ccccc1. The number of para-hydroxylation sites is 3. The maximum absolute atomic E-state index is 5.40. The first-order chi connectivity index (χ1) is 25.1. The molecule has 2 heterocycles. The Morgan fingerprint density at radius 3 is 1.82 bits per heavy atom. The highest BCUT2D eigenvalue weighted by Crippen LogP contribution is 2.40. The Labute approximate surface area is 298 Å². The van der Waals surface area contributed by atoms with Gasteiger partial charge in [0.1, 0.15) is 0 Å². The van der Waals surface area contributed by atoms with Gasteiger partial charge < -0.3 is 9.13 Å². The van der Waals surface area contributed by atoms with E-state index in [9.17, 15) is 0 Å². The number of nitrogens with zero attached hydrogens (tertiary/aromatic N) is 3. The van der Waals surface area contributed by atoms with Crippen LogP contribution in [0.1, 0.15) is 32.3 Å². The molecule has 0 fully saturated rings. The normalized spacial score (nSPS) is 14.0. The predicted octanol–water partition coefficient (Wildman–Crippen LogP) is 13.0. The van der Waals surface area contributed by atoms with Crippen LogP contribution in [0.2, 0.25) is 0 Å². The van der Waals surface area contributed by atoms with E-state index in [0.717, 1.165) is 35.6 Å². The second-order valence-electron chi connectivity index (χ2n) is 13.7. The summed E-state index contributed by atoms with van der Waals surface area (Å²) in [5.41, 5.74) is 12.6. The maximum Gasteiger partial charge on any atom is 0.0708 e. The van der Waals surface area contributed by atoms with Gasteiger partial charge in [0.05, 0.1) is 33.5 Å². The Morgan fingerprint density at radius 1 is 0.569 bits per heavy atom. The third kappa shape index (κ3) is 5.52. The van der Waals surface area contributed by atoms with E-state index in [1.807, 2.05) is 0 Å². The van der Waals surface area contributed by atoms with Crippen molar-refractivity contribution in [2.75, 3.05) is 0 Å². The lowest BCUT2D eigenvalue weighted by atomic mass is 9.92. The summed E-state index contributed by atoms with van der Waals surface area (Å²) in [6.45, 7) is 4.53. The predicted molar refractivity (Wildman–Crippen MR) is 218 cm³/mol. The number of aliphatic imine (C=N–C) groups is 1. The van der Waals surface area contributed by atoms with Gasteiger partial charge in [0.2, 0.25) is 0 Å². The van der Waals surface area contributed by atoms with Crippen LogP contribution in [0.15, 0.2) is 180 Å². The van der Waals surface area contributed by atoms with Crippen molar-refractivity contribution in [3.63, 3.8) is 0 Å². The summed E-state index contributed by atoms with van der Waals surface area (Å²) in [7, 11) is 0. The Morgan fingerprint density at radius 2 is 1.18 bits per heavy atom. The van der Waals surface area contributed by atoms with Gasteiger partial charge in [-0.2, -0.15) is 0 Å². The van der Waals surface area contributed by atoms with E-state index in [-0.39, 0.29) is 0 Å². The zero-order chi connectivity index (χ0) is 34.3. The van der Waals surface area contributed by atoms with E-state index in [2.05, 4.69) is 193 Å². The number of hydrogen-bond acceptors (Lipinski definition) is 1. The van der Waals surface area contributed by atoms with Crippen molar-refractivity contribution in [1.82, 2.24) is 9.13 Å². The minimum absolute atomic E-state index is 0.345. The molecule has 9 rings (SSSR count). The molecule has 8 aromatic rings. The van der Waals surface area contributed by atoms with Gasteiger partial charge in [-0.05, 0) is 96.1 Å². The molecule has 0 amide bonds. The molecule has 0 unspecified atom stereocenters. The molecule has 0 atom stereocenters. The first-order valence-electron chi connectivity index (χ1n) is 18.0. The topological polar surface area (TPSA) is 22.2 Å². The molecule has 0 bridgehead atoms. The van der Waals surface area contributed by atoms with Crippen LogP contribution in [-0.4, -0.2) is 14.8 Å². The van der Waals surface area contributed by atoms with E-state index in [1.54, 1.807) is 0 Å². The molecule has 51 heavy (non-hydrogen) atoms. The fourth-order valence-electron chi connectivity index (χ4n) is 7.75. The minimum Gasteiger partial charge on any atom is -0.309 e. The second kappa shape index (κ2) is 12.9. The molecular weight excluding hydrogens is 619 g/mol. The summed E-state index contributed by atoms with van der Waals surface area (Å²) in [6.07, 6.45) is 11.2. The average molecular weight is 658 g/mol. The molecule has 0 aliphatic heterocycles. The van der Waals surface area contributed by atoms with Gasteiger partial charge in [0.15, 0.2) is 0 Å². The van der Waals surface area contributed by atoms with Crippen LogP contribution in [0, 0.1) is 5.92 Å². The number of hydrogen-bond donors (Lipinski definition) is 0. The van der Waals surface area contributed by atoms with Gasteiger partial charge in [-0.15, -0.1) is 0 Å². The monoisotopic (exact) mass is 657 g/mol. The number of fused-ring (bicyclic) bond motifs is 6.